The molecule has 0 saturated heterocycles. The van der Waals surface area contributed by atoms with Crippen molar-refractivity contribution in [3.05, 3.63) is 29.8 Å². The number of nitrogens with zero attached hydrogens (tertiary/aromatic N) is 1. The second-order valence-electron chi connectivity index (χ2n) is 6.81. The highest BCUT2D eigenvalue weighted by Gasteiger charge is 2.23. The molecule has 1 aliphatic rings. The van der Waals surface area contributed by atoms with E-state index >= 15 is 0 Å². The van der Waals surface area contributed by atoms with E-state index in [0.717, 1.165) is 18.3 Å². The summed E-state index contributed by atoms with van der Waals surface area (Å²) in [4.78, 5) is 14.1. The Morgan fingerprint density at radius 3 is 2.41 bits per heavy atom. The van der Waals surface area contributed by atoms with Crippen molar-refractivity contribution >= 4 is 18.3 Å². The molecule has 124 valence electrons. The van der Waals surface area contributed by atoms with Crippen LogP contribution in [-0.2, 0) is 0 Å². The van der Waals surface area contributed by atoms with Crippen LogP contribution in [-0.4, -0.2) is 37.6 Å². The summed E-state index contributed by atoms with van der Waals surface area (Å²) in [5, 5.41) is 0. The molecule has 0 atom stereocenters. The minimum atomic E-state index is -0.0717. The third-order valence-corrected chi connectivity index (χ3v) is 3.85. The van der Waals surface area contributed by atoms with Gasteiger partial charge in [-0.25, -0.2) is 0 Å². The summed E-state index contributed by atoms with van der Waals surface area (Å²) >= 11 is 0. The summed E-state index contributed by atoms with van der Waals surface area (Å²) in [6, 6.07) is 7.40. The van der Waals surface area contributed by atoms with Crippen molar-refractivity contribution in [2.75, 3.05) is 26.7 Å². The van der Waals surface area contributed by atoms with Crippen LogP contribution in [0.25, 0.3) is 0 Å². The molecule has 0 bridgehead atoms. The predicted octanol–water partition coefficient (Wildman–Crippen LogP) is 2.95. The standard InChI is InChI=1S/C17H26N2O2.ClH/c1-17(2,11-18)12-19(3)16(20)14-6-8-15(9-7-14)21-10-13-4-5-13;/h6-9,13H,4-5,10-12,18H2,1-3H3;1H. The molecule has 1 aromatic carbocycles. The van der Waals surface area contributed by atoms with E-state index in [0.29, 0.717) is 18.7 Å². The van der Waals surface area contributed by atoms with Crippen molar-refractivity contribution in [3.8, 4) is 5.75 Å². The Kier molecular flexibility index (Phi) is 6.69. The van der Waals surface area contributed by atoms with Gasteiger partial charge in [-0.3, -0.25) is 4.79 Å². The number of nitrogens with two attached hydrogens (primary N) is 1. The van der Waals surface area contributed by atoms with Crippen molar-refractivity contribution in [2.24, 2.45) is 17.1 Å². The van der Waals surface area contributed by atoms with E-state index < -0.39 is 0 Å². The average Bonchev–Trinajstić information content (AvgIpc) is 3.28. The number of benzene rings is 1. The Balaban J connectivity index is 0.00000242. The number of halogens is 1. The van der Waals surface area contributed by atoms with Gasteiger partial charge in [-0.2, -0.15) is 0 Å². The van der Waals surface area contributed by atoms with Crippen molar-refractivity contribution in [1.29, 1.82) is 0 Å². The van der Waals surface area contributed by atoms with E-state index in [1.54, 1.807) is 4.90 Å². The van der Waals surface area contributed by atoms with Crippen LogP contribution in [0.15, 0.2) is 24.3 Å². The van der Waals surface area contributed by atoms with Crippen molar-refractivity contribution < 1.29 is 9.53 Å². The molecule has 0 unspecified atom stereocenters. The van der Waals surface area contributed by atoms with Gasteiger partial charge < -0.3 is 15.4 Å². The van der Waals surface area contributed by atoms with Gasteiger partial charge in [0.15, 0.2) is 0 Å². The van der Waals surface area contributed by atoms with Crippen molar-refractivity contribution in [1.82, 2.24) is 4.90 Å². The molecule has 0 aliphatic heterocycles. The largest absolute Gasteiger partial charge is 0.493 e. The smallest absolute Gasteiger partial charge is 0.253 e. The summed E-state index contributed by atoms with van der Waals surface area (Å²) in [5.74, 6) is 1.59. The Hall–Kier alpha value is -1.26. The fraction of sp³-hybridized carbons (Fsp3) is 0.588. The van der Waals surface area contributed by atoms with E-state index in [2.05, 4.69) is 13.8 Å². The Labute approximate surface area is 139 Å². The number of rotatable bonds is 7. The maximum Gasteiger partial charge on any atom is 0.253 e. The third-order valence-electron chi connectivity index (χ3n) is 3.85. The molecule has 1 amide bonds. The monoisotopic (exact) mass is 326 g/mol. The second kappa shape index (κ2) is 7.84. The highest BCUT2D eigenvalue weighted by Crippen LogP contribution is 2.29. The van der Waals surface area contributed by atoms with Crippen LogP contribution in [0.2, 0.25) is 0 Å². The van der Waals surface area contributed by atoms with E-state index in [1.165, 1.54) is 12.8 Å². The summed E-state index contributed by atoms with van der Waals surface area (Å²) in [6.45, 7) is 6.11. The van der Waals surface area contributed by atoms with E-state index in [-0.39, 0.29) is 23.7 Å². The van der Waals surface area contributed by atoms with Crippen LogP contribution < -0.4 is 10.5 Å². The van der Waals surface area contributed by atoms with Gasteiger partial charge in [0.2, 0.25) is 0 Å². The van der Waals surface area contributed by atoms with Gasteiger partial charge in [0.05, 0.1) is 6.61 Å². The zero-order chi connectivity index (χ0) is 15.5. The topological polar surface area (TPSA) is 55.6 Å². The number of carbonyl (C=O) groups is 1. The predicted molar refractivity (Wildman–Crippen MR) is 91.7 cm³/mol. The molecule has 2 rings (SSSR count). The molecule has 2 N–H and O–H groups in total. The molecule has 0 heterocycles. The van der Waals surface area contributed by atoms with Crippen molar-refractivity contribution in [3.63, 3.8) is 0 Å². The van der Waals surface area contributed by atoms with Gasteiger partial charge in [-0.1, -0.05) is 13.8 Å². The van der Waals surface area contributed by atoms with Crippen LogP contribution in [0.3, 0.4) is 0 Å². The summed E-state index contributed by atoms with van der Waals surface area (Å²) in [6.07, 6.45) is 2.55. The van der Waals surface area contributed by atoms with Crippen LogP contribution in [0.5, 0.6) is 5.75 Å². The SMILES string of the molecule is CN(CC(C)(C)CN)C(=O)c1ccc(OCC2CC2)cc1.Cl. The average molecular weight is 327 g/mol. The maximum atomic E-state index is 12.4. The zero-order valence-electron chi connectivity index (χ0n) is 13.7. The zero-order valence-corrected chi connectivity index (χ0v) is 14.5. The molecule has 1 aliphatic carbocycles. The first-order chi connectivity index (χ1) is 9.91. The normalized spacial score (nSPS) is 14.2. The Morgan fingerprint density at radius 1 is 1.32 bits per heavy atom. The molecular weight excluding hydrogens is 300 g/mol. The van der Waals surface area contributed by atoms with Crippen LogP contribution in [0, 0.1) is 11.3 Å². The van der Waals surface area contributed by atoms with Gasteiger partial charge in [0.1, 0.15) is 5.75 Å². The molecule has 5 heteroatoms. The van der Waals surface area contributed by atoms with E-state index in [9.17, 15) is 4.79 Å². The molecule has 0 aromatic heterocycles. The fourth-order valence-corrected chi connectivity index (χ4v) is 2.19. The molecule has 22 heavy (non-hydrogen) atoms. The molecule has 1 fully saturated rings. The lowest BCUT2D eigenvalue weighted by atomic mass is 9.93. The number of carbonyl (C=O) groups excluding carboxylic acids is 1. The van der Waals surface area contributed by atoms with Crippen LogP contribution in [0.1, 0.15) is 37.0 Å². The first kappa shape index (κ1) is 18.8. The number of hydrogen-bond donors (Lipinski definition) is 1. The number of ether oxygens (including phenoxy) is 1. The van der Waals surface area contributed by atoms with Gasteiger partial charge in [0.25, 0.3) is 5.91 Å². The molecule has 4 nitrogen and oxygen atoms in total. The Morgan fingerprint density at radius 2 is 1.91 bits per heavy atom. The molecule has 1 aromatic rings. The van der Waals surface area contributed by atoms with Crippen LogP contribution in [0.4, 0.5) is 0 Å². The van der Waals surface area contributed by atoms with Gasteiger partial charge in [0, 0.05) is 19.2 Å². The summed E-state index contributed by atoms with van der Waals surface area (Å²) in [7, 11) is 1.82. The first-order valence-corrected chi connectivity index (χ1v) is 7.60. The summed E-state index contributed by atoms with van der Waals surface area (Å²) in [5.41, 5.74) is 6.33. The quantitative estimate of drug-likeness (QED) is 0.838. The van der Waals surface area contributed by atoms with Gasteiger partial charge in [-0.15, -0.1) is 12.4 Å². The second-order valence-corrected chi connectivity index (χ2v) is 6.81. The van der Waals surface area contributed by atoms with Gasteiger partial charge in [-0.05, 0) is 55.0 Å². The fourth-order valence-electron chi connectivity index (χ4n) is 2.19. The lowest BCUT2D eigenvalue weighted by Gasteiger charge is -2.29. The first-order valence-electron chi connectivity index (χ1n) is 7.60. The minimum Gasteiger partial charge on any atom is -0.493 e. The van der Waals surface area contributed by atoms with Crippen molar-refractivity contribution in [2.45, 2.75) is 26.7 Å². The molecule has 1 saturated carbocycles. The number of hydrogen-bond acceptors (Lipinski definition) is 3. The third kappa shape index (κ3) is 5.50. The number of amides is 1. The van der Waals surface area contributed by atoms with Gasteiger partial charge >= 0.3 is 0 Å². The highest BCUT2D eigenvalue weighted by atomic mass is 35.5. The Bertz CT molecular complexity index is 484. The molecule has 0 radical (unpaired) electrons. The molecule has 0 spiro atoms. The minimum absolute atomic E-state index is 0. The summed E-state index contributed by atoms with van der Waals surface area (Å²) < 4.78 is 5.68. The highest BCUT2D eigenvalue weighted by molar-refractivity contribution is 5.94. The lowest BCUT2D eigenvalue weighted by molar-refractivity contribution is 0.0740. The van der Waals surface area contributed by atoms with E-state index in [4.69, 9.17) is 10.5 Å². The lowest BCUT2D eigenvalue weighted by Crippen LogP contribution is -2.39. The van der Waals surface area contributed by atoms with E-state index in [1.807, 2.05) is 31.3 Å². The molecular formula is C17H27ClN2O2. The maximum absolute atomic E-state index is 12.4. The van der Waals surface area contributed by atoms with Crippen LogP contribution >= 0.6 is 12.4 Å².